The molecule has 0 aliphatic carbocycles. The first-order chi connectivity index (χ1) is 11.2. The van der Waals surface area contributed by atoms with Gasteiger partial charge in [-0.2, -0.15) is 0 Å². The highest BCUT2D eigenvalue weighted by atomic mass is 19.1. The first-order valence-corrected chi connectivity index (χ1v) is 6.88. The van der Waals surface area contributed by atoms with E-state index < -0.39 is 5.91 Å². The molecule has 7 heteroatoms. The summed E-state index contributed by atoms with van der Waals surface area (Å²) in [5.74, 6) is 0.496. The molecule has 0 atom stereocenters. The lowest BCUT2D eigenvalue weighted by Crippen LogP contribution is -2.28. The fourth-order valence-corrected chi connectivity index (χ4v) is 1.94. The van der Waals surface area contributed by atoms with Gasteiger partial charge in [-0.1, -0.05) is 0 Å². The number of ether oxygens (including phenoxy) is 1. The van der Waals surface area contributed by atoms with Crippen molar-refractivity contribution >= 4 is 5.91 Å². The van der Waals surface area contributed by atoms with Crippen molar-refractivity contribution in [3.05, 3.63) is 60.6 Å². The lowest BCUT2D eigenvalue weighted by molar-refractivity contribution is 0.0942. The second-order valence-corrected chi connectivity index (χ2v) is 4.57. The molecule has 2 aromatic heterocycles. The Labute approximate surface area is 130 Å². The second kappa shape index (κ2) is 6.78. The molecule has 23 heavy (non-hydrogen) atoms. The normalized spacial score (nSPS) is 10.5. The van der Waals surface area contributed by atoms with Gasteiger partial charge in [-0.15, -0.1) is 0 Å². The number of hydrogen-bond donors (Lipinski definition) is 1. The molecule has 0 fully saturated rings. The molecule has 0 aliphatic rings. The summed E-state index contributed by atoms with van der Waals surface area (Å²) in [7, 11) is 0. The lowest BCUT2D eigenvalue weighted by atomic mass is 10.2. The topological polar surface area (TPSA) is 77.5 Å². The Kier molecular flexibility index (Phi) is 4.37. The third-order valence-electron chi connectivity index (χ3n) is 3.00. The summed E-state index contributed by atoms with van der Waals surface area (Å²) in [6, 6.07) is 9.01. The van der Waals surface area contributed by atoms with Gasteiger partial charge in [-0.05, 0) is 36.4 Å². The highest BCUT2D eigenvalue weighted by molar-refractivity contribution is 5.97. The Morgan fingerprint density at radius 1 is 1.22 bits per heavy atom. The number of aromatic nitrogens is 1. The summed E-state index contributed by atoms with van der Waals surface area (Å²) in [4.78, 5) is 16.0. The van der Waals surface area contributed by atoms with Crippen LogP contribution in [0.2, 0.25) is 0 Å². The zero-order chi connectivity index (χ0) is 16.1. The van der Waals surface area contributed by atoms with Gasteiger partial charge in [-0.3, -0.25) is 4.79 Å². The summed E-state index contributed by atoms with van der Waals surface area (Å²) < 4.78 is 28.5. The number of benzene rings is 1. The maximum Gasteiger partial charge on any atom is 0.274 e. The van der Waals surface area contributed by atoms with Crippen molar-refractivity contribution in [3.63, 3.8) is 0 Å². The Balaban J connectivity index is 1.52. The largest absolute Gasteiger partial charge is 0.492 e. The average molecular weight is 316 g/mol. The van der Waals surface area contributed by atoms with Crippen LogP contribution in [-0.2, 0) is 0 Å². The minimum atomic E-state index is -0.396. The van der Waals surface area contributed by atoms with Crippen molar-refractivity contribution in [2.45, 2.75) is 0 Å². The Hall–Kier alpha value is -3.09. The first-order valence-electron chi connectivity index (χ1n) is 6.88. The van der Waals surface area contributed by atoms with E-state index >= 15 is 0 Å². The molecular weight excluding hydrogens is 303 g/mol. The van der Waals surface area contributed by atoms with E-state index in [1.54, 1.807) is 12.1 Å². The van der Waals surface area contributed by atoms with Gasteiger partial charge in [0.25, 0.3) is 5.91 Å². The predicted octanol–water partition coefficient (Wildman–Crippen LogP) is 2.88. The fraction of sp³-hybridized carbons (Fsp3) is 0.125. The van der Waals surface area contributed by atoms with Crippen molar-refractivity contribution in [2.24, 2.45) is 0 Å². The number of oxazole rings is 1. The van der Waals surface area contributed by atoms with Gasteiger partial charge in [0.15, 0.2) is 17.8 Å². The molecule has 0 unspecified atom stereocenters. The van der Waals surface area contributed by atoms with E-state index in [0.717, 1.165) is 0 Å². The molecule has 1 aromatic carbocycles. The van der Waals surface area contributed by atoms with Crippen molar-refractivity contribution in [1.82, 2.24) is 10.3 Å². The minimum absolute atomic E-state index is 0.140. The van der Waals surface area contributed by atoms with Crippen LogP contribution in [0, 0.1) is 5.82 Å². The van der Waals surface area contributed by atoms with E-state index in [1.165, 1.54) is 36.9 Å². The number of amides is 1. The summed E-state index contributed by atoms with van der Waals surface area (Å²) in [5, 5.41) is 2.67. The highest BCUT2D eigenvalue weighted by Gasteiger charge is 2.19. The van der Waals surface area contributed by atoms with Crippen LogP contribution in [0.15, 0.2) is 57.9 Å². The molecule has 6 nitrogen and oxygen atoms in total. The zero-order valence-electron chi connectivity index (χ0n) is 12.0. The number of carbonyl (C=O) groups is 1. The lowest BCUT2D eigenvalue weighted by Gasteiger charge is -2.07. The number of rotatable bonds is 6. The third-order valence-corrected chi connectivity index (χ3v) is 3.00. The quantitative estimate of drug-likeness (QED) is 0.708. The number of halogens is 1. The molecule has 0 spiro atoms. The van der Waals surface area contributed by atoms with Crippen LogP contribution in [-0.4, -0.2) is 24.0 Å². The summed E-state index contributed by atoms with van der Waals surface area (Å²) in [6.07, 6.45) is 2.66. The van der Waals surface area contributed by atoms with Gasteiger partial charge < -0.3 is 18.9 Å². The van der Waals surface area contributed by atoms with Crippen LogP contribution in [0.1, 0.15) is 10.5 Å². The maximum absolute atomic E-state index is 12.8. The van der Waals surface area contributed by atoms with Crippen LogP contribution >= 0.6 is 0 Å². The Morgan fingerprint density at radius 3 is 2.78 bits per heavy atom. The zero-order valence-corrected chi connectivity index (χ0v) is 12.0. The van der Waals surface area contributed by atoms with E-state index in [-0.39, 0.29) is 30.4 Å². The van der Waals surface area contributed by atoms with Gasteiger partial charge in [0.1, 0.15) is 18.2 Å². The van der Waals surface area contributed by atoms with E-state index in [2.05, 4.69) is 10.3 Å². The van der Waals surface area contributed by atoms with Gasteiger partial charge >= 0.3 is 0 Å². The minimum Gasteiger partial charge on any atom is -0.492 e. The Bertz CT molecular complexity index is 766. The number of nitrogens with one attached hydrogen (secondary N) is 1. The summed E-state index contributed by atoms with van der Waals surface area (Å²) >= 11 is 0. The molecule has 2 heterocycles. The average Bonchev–Trinajstić information content (AvgIpc) is 3.23. The van der Waals surface area contributed by atoms with Crippen molar-refractivity contribution in [2.75, 3.05) is 13.2 Å². The SMILES string of the molecule is O=C(NCCOc1ccc(F)cc1)c1ncoc1-c1ccco1. The number of hydrogen-bond acceptors (Lipinski definition) is 5. The van der Waals surface area contributed by atoms with Crippen LogP contribution < -0.4 is 10.1 Å². The first kappa shape index (κ1) is 14.8. The maximum atomic E-state index is 12.8. The van der Waals surface area contributed by atoms with Crippen molar-refractivity contribution in [3.8, 4) is 17.3 Å². The fourth-order valence-electron chi connectivity index (χ4n) is 1.94. The van der Waals surface area contributed by atoms with Crippen molar-refractivity contribution < 1.29 is 22.8 Å². The molecule has 0 saturated heterocycles. The molecule has 0 aliphatic heterocycles. The molecule has 118 valence electrons. The van der Waals surface area contributed by atoms with Gasteiger partial charge in [0.2, 0.25) is 5.76 Å². The van der Waals surface area contributed by atoms with Crippen LogP contribution in [0.3, 0.4) is 0 Å². The highest BCUT2D eigenvalue weighted by Crippen LogP contribution is 2.23. The standard InChI is InChI=1S/C16H13FN2O4/c17-11-3-5-12(6-4-11)21-9-7-18-16(20)14-15(23-10-19-14)13-2-1-8-22-13/h1-6,8,10H,7,9H2,(H,18,20). The molecule has 0 bridgehead atoms. The number of nitrogens with zero attached hydrogens (tertiary/aromatic N) is 1. The van der Waals surface area contributed by atoms with E-state index in [4.69, 9.17) is 13.6 Å². The monoisotopic (exact) mass is 316 g/mol. The number of furan rings is 1. The van der Waals surface area contributed by atoms with Crippen molar-refractivity contribution in [1.29, 1.82) is 0 Å². The predicted molar refractivity (Wildman–Crippen MR) is 78.4 cm³/mol. The smallest absolute Gasteiger partial charge is 0.274 e. The molecular formula is C16H13FN2O4. The van der Waals surface area contributed by atoms with E-state index in [0.29, 0.717) is 11.5 Å². The molecule has 0 radical (unpaired) electrons. The second-order valence-electron chi connectivity index (χ2n) is 4.57. The molecule has 3 aromatic rings. The Morgan fingerprint density at radius 2 is 2.04 bits per heavy atom. The van der Waals surface area contributed by atoms with Crippen LogP contribution in [0.4, 0.5) is 4.39 Å². The summed E-state index contributed by atoms with van der Waals surface area (Å²) in [5.41, 5.74) is 0.140. The molecule has 3 rings (SSSR count). The molecule has 0 saturated carbocycles. The van der Waals surface area contributed by atoms with E-state index in [9.17, 15) is 9.18 Å². The number of carbonyl (C=O) groups excluding carboxylic acids is 1. The van der Waals surface area contributed by atoms with E-state index in [1.807, 2.05) is 0 Å². The van der Waals surface area contributed by atoms with Gasteiger partial charge in [-0.25, -0.2) is 9.37 Å². The van der Waals surface area contributed by atoms with Gasteiger partial charge in [0.05, 0.1) is 12.8 Å². The van der Waals surface area contributed by atoms with Crippen LogP contribution in [0.25, 0.3) is 11.5 Å². The molecule has 1 amide bonds. The molecule has 1 N–H and O–H groups in total. The third kappa shape index (κ3) is 3.57. The van der Waals surface area contributed by atoms with Gasteiger partial charge in [0, 0.05) is 0 Å². The van der Waals surface area contributed by atoms with Crippen LogP contribution in [0.5, 0.6) is 5.75 Å². The summed E-state index contributed by atoms with van der Waals surface area (Å²) in [6.45, 7) is 0.506.